The molecule has 0 bridgehead atoms. The van der Waals surface area contributed by atoms with Crippen LogP contribution in [0.15, 0.2) is 84.9 Å². The number of hydrogen-bond acceptors (Lipinski definition) is 3. The topological polar surface area (TPSA) is 39.1 Å². The van der Waals surface area contributed by atoms with E-state index in [0.717, 1.165) is 50.5 Å². The number of para-hydroxylation sites is 1. The lowest BCUT2D eigenvalue weighted by molar-refractivity contribution is 0.418. The molecule has 276 valence electrons. The lowest BCUT2D eigenvalue weighted by atomic mass is 9.78. The average molecular weight is 706 g/mol. The highest BCUT2D eigenvalue weighted by Crippen LogP contribution is 2.46. The number of fused-ring (bicyclic) bond motifs is 1. The first-order valence-electron chi connectivity index (χ1n) is 19.2. The monoisotopic (exact) mass is 705 g/mol. The SMILES string of the molecule is COc1c(-c2cc(C(C)(C)C)cc(C(C)(C)C)c2)cc(C)cc1-c1ccccc1-c1nc2c(Nc3c(C(C)C)cccc3C(C)C)cc(C)cc2n1C. The van der Waals surface area contributed by atoms with Crippen LogP contribution in [0.25, 0.3) is 44.7 Å². The van der Waals surface area contributed by atoms with Crippen LogP contribution in [-0.4, -0.2) is 16.7 Å². The molecule has 0 spiro atoms. The summed E-state index contributed by atoms with van der Waals surface area (Å²) < 4.78 is 8.64. The predicted molar refractivity (Wildman–Crippen MR) is 228 cm³/mol. The Bertz CT molecular complexity index is 2250. The zero-order chi connectivity index (χ0) is 38.6. The zero-order valence-electron chi connectivity index (χ0n) is 34.5. The fourth-order valence-electron chi connectivity index (χ4n) is 7.56. The summed E-state index contributed by atoms with van der Waals surface area (Å²) in [7, 11) is 3.94. The van der Waals surface area contributed by atoms with Crippen molar-refractivity contribution in [2.45, 2.75) is 106 Å². The molecule has 0 aliphatic heterocycles. The summed E-state index contributed by atoms with van der Waals surface area (Å²) in [4.78, 5) is 5.45. The van der Waals surface area contributed by atoms with Crippen molar-refractivity contribution in [1.82, 2.24) is 9.55 Å². The van der Waals surface area contributed by atoms with Gasteiger partial charge in [0, 0.05) is 29.4 Å². The highest BCUT2D eigenvalue weighted by molar-refractivity contribution is 5.97. The molecular weight excluding hydrogens is 647 g/mol. The maximum atomic E-state index is 6.40. The molecule has 0 radical (unpaired) electrons. The Morgan fingerprint density at radius 1 is 0.642 bits per heavy atom. The van der Waals surface area contributed by atoms with Crippen LogP contribution >= 0.6 is 0 Å². The highest BCUT2D eigenvalue weighted by atomic mass is 16.5. The van der Waals surface area contributed by atoms with Crippen molar-refractivity contribution in [1.29, 1.82) is 0 Å². The van der Waals surface area contributed by atoms with Gasteiger partial charge >= 0.3 is 0 Å². The second-order valence-electron chi connectivity index (χ2n) is 17.7. The smallest absolute Gasteiger partial charge is 0.141 e. The molecule has 1 aromatic heterocycles. The summed E-state index contributed by atoms with van der Waals surface area (Å²) in [6.07, 6.45) is 0. The van der Waals surface area contributed by atoms with E-state index in [-0.39, 0.29) is 10.8 Å². The number of imidazole rings is 1. The van der Waals surface area contributed by atoms with Gasteiger partial charge in [-0.1, -0.05) is 130 Å². The van der Waals surface area contributed by atoms with Gasteiger partial charge in [-0.25, -0.2) is 4.98 Å². The molecule has 0 aliphatic carbocycles. The van der Waals surface area contributed by atoms with Crippen LogP contribution < -0.4 is 10.1 Å². The maximum absolute atomic E-state index is 6.40. The first-order chi connectivity index (χ1) is 24.9. The Labute approximate surface area is 318 Å². The quantitative estimate of drug-likeness (QED) is 0.171. The molecule has 0 saturated carbocycles. The van der Waals surface area contributed by atoms with E-state index in [9.17, 15) is 0 Å². The van der Waals surface area contributed by atoms with Crippen LogP contribution in [0.2, 0.25) is 0 Å². The number of rotatable bonds is 8. The minimum Gasteiger partial charge on any atom is -0.495 e. The molecule has 0 fully saturated rings. The van der Waals surface area contributed by atoms with Crippen molar-refractivity contribution >= 4 is 22.4 Å². The fourth-order valence-corrected chi connectivity index (χ4v) is 7.56. The van der Waals surface area contributed by atoms with Crippen LogP contribution in [0.3, 0.4) is 0 Å². The van der Waals surface area contributed by atoms with Gasteiger partial charge in [0.15, 0.2) is 0 Å². The lowest BCUT2D eigenvalue weighted by Gasteiger charge is -2.27. The van der Waals surface area contributed by atoms with E-state index in [1.807, 2.05) is 0 Å². The first-order valence-corrected chi connectivity index (χ1v) is 19.2. The molecule has 6 rings (SSSR count). The number of nitrogens with zero attached hydrogens (tertiary/aromatic N) is 2. The Balaban J connectivity index is 1.56. The molecule has 53 heavy (non-hydrogen) atoms. The van der Waals surface area contributed by atoms with E-state index in [4.69, 9.17) is 9.72 Å². The van der Waals surface area contributed by atoms with Crippen molar-refractivity contribution in [2.24, 2.45) is 7.05 Å². The minimum atomic E-state index is 0.00198. The Morgan fingerprint density at radius 2 is 1.19 bits per heavy atom. The highest BCUT2D eigenvalue weighted by Gasteiger charge is 2.25. The molecule has 4 heteroatoms. The van der Waals surface area contributed by atoms with Crippen LogP contribution in [0.1, 0.15) is 114 Å². The third-order valence-electron chi connectivity index (χ3n) is 10.6. The second kappa shape index (κ2) is 14.2. The van der Waals surface area contributed by atoms with Gasteiger partial charge in [-0.15, -0.1) is 0 Å². The van der Waals surface area contributed by atoms with Gasteiger partial charge < -0.3 is 14.6 Å². The molecule has 5 aromatic carbocycles. The van der Waals surface area contributed by atoms with E-state index in [0.29, 0.717) is 11.8 Å². The summed E-state index contributed by atoms with van der Waals surface area (Å²) >= 11 is 0. The number of ether oxygens (including phenoxy) is 1. The van der Waals surface area contributed by atoms with E-state index < -0.39 is 0 Å². The number of aromatic nitrogens is 2. The Kier molecular flexibility index (Phi) is 10.2. The summed E-state index contributed by atoms with van der Waals surface area (Å²) in [5.41, 5.74) is 17.4. The second-order valence-corrected chi connectivity index (χ2v) is 17.7. The van der Waals surface area contributed by atoms with Crippen LogP contribution in [-0.2, 0) is 17.9 Å². The molecule has 6 aromatic rings. The first kappa shape index (κ1) is 37.9. The molecular formula is C49H59N3O. The average Bonchev–Trinajstić information content (AvgIpc) is 3.42. The van der Waals surface area contributed by atoms with Gasteiger partial charge in [-0.3, -0.25) is 0 Å². The molecule has 0 saturated heterocycles. The molecule has 1 N–H and O–H groups in total. The number of nitrogens with one attached hydrogen (secondary N) is 1. The molecule has 4 nitrogen and oxygen atoms in total. The molecule has 0 unspecified atom stereocenters. The molecule has 0 atom stereocenters. The Morgan fingerprint density at radius 3 is 1.74 bits per heavy atom. The van der Waals surface area contributed by atoms with Crippen molar-refractivity contribution in [3.8, 4) is 39.4 Å². The number of aryl methyl sites for hydroxylation is 3. The van der Waals surface area contributed by atoms with Crippen molar-refractivity contribution in [3.05, 3.63) is 118 Å². The normalized spacial score (nSPS) is 12.3. The van der Waals surface area contributed by atoms with Crippen LogP contribution in [0.5, 0.6) is 5.75 Å². The lowest BCUT2D eigenvalue weighted by Crippen LogP contribution is -2.16. The van der Waals surface area contributed by atoms with Crippen LogP contribution in [0.4, 0.5) is 11.4 Å². The van der Waals surface area contributed by atoms with Gasteiger partial charge in [0.25, 0.3) is 0 Å². The van der Waals surface area contributed by atoms with E-state index in [2.05, 4.69) is 185 Å². The van der Waals surface area contributed by atoms with Crippen molar-refractivity contribution in [3.63, 3.8) is 0 Å². The summed E-state index contributed by atoms with van der Waals surface area (Å²) in [5, 5.41) is 3.91. The van der Waals surface area contributed by atoms with E-state index in [1.165, 1.54) is 44.6 Å². The van der Waals surface area contributed by atoms with Gasteiger partial charge in [-0.05, 0) is 105 Å². The zero-order valence-corrected chi connectivity index (χ0v) is 34.5. The summed E-state index contributed by atoms with van der Waals surface area (Å²) in [6.45, 7) is 27.2. The minimum absolute atomic E-state index is 0.00198. The van der Waals surface area contributed by atoms with Gasteiger partial charge in [0.1, 0.15) is 17.1 Å². The van der Waals surface area contributed by atoms with Gasteiger partial charge in [0.05, 0.1) is 18.3 Å². The summed E-state index contributed by atoms with van der Waals surface area (Å²) in [5.74, 6) is 2.55. The maximum Gasteiger partial charge on any atom is 0.141 e. The third-order valence-corrected chi connectivity index (χ3v) is 10.6. The molecule has 1 heterocycles. The number of hydrogen-bond donors (Lipinski definition) is 1. The summed E-state index contributed by atoms with van der Waals surface area (Å²) in [6, 6.07) is 31.4. The third kappa shape index (κ3) is 7.38. The van der Waals surface area contributed by atoms with Gasteiger partial charge in [0.2, 0.25) is 0 Å². The fraction of sp³-hybridized carbons (Fsp3) is 0.367. The van der Waals surface area contributed by atoms with Crippen molar-refractivity contribution in [2.75, 3.05) is 12.4 Å². The van der Waals surface area contributed by atoms with E-state index in [1.54, 1.807) is 7.11 Å². The van der Waals surface area contributed by atoms with Gasteiger partial charge in [-0.2, -0.15) is 0 Å². The number of benzene rings is 5. The standard InChI is InChI=1S/C49H59N3O/c1-29(2)36-20-17-21-37(30(3)4)44(36)50-42-24-32(6)25-43-45(42)51-47(52(43)13)39-19-16-15-18-38(39)41-23-31(5)22-40(46(41)53-14)33-26-34(48(7,8)9)28-35(27-33)49(10,11)12/h15-30,50H,1-14H3. The number of methoxy groups -OCH3 is 1. The molecule has 0 aliphatic rings. The number of anilines is 2. The largest absolute Gasteiger partial charge is 0.495 e. The Hall–Kier alpha value is -4.83. The van der Waals surface area contributed by atoms with Crippen LogP contribution in [0, 0.1) is 13.8 Å². The molecule has 0 amide bonds. The van der Waals surface area contributed by atoms with E-state index >= 15 is 0 Å². The van der Waals surface area contributed by atoms with Crippen molar-refractivity contribution < 1.29 is 4.74 Å². The predicted octanol–water partition coefficient (Wildman–Crippen LogP) is 13.8.